The van der Waals surface area contributed by atoms with Crippen molar-refractivity contribution in [1.82, 2.24) is 0 Å². The number of nitrogens with zero attached hydrogens (tertiary/aromatic N) is 3. The molecule has 0 bridgehead atoms. The zero-order chi connectivity index (χ0) is 12.8. The molecule has 0 unspecified atom stereocenters. The third-order valence-corrected chi connectivity index (χ3v) is 2.44. The summed E-state index contributed by atoms with van der Waals surface area (Å²) in [5.74, 6) is 0. The second-order valence-corrected chi connectivity index (χ2v) is 3.41. The second-order valence-electron chi connectivity index (χ2n) is 3.41. The van der Waals surface area contributed by atoms with E-state index in [1.54, 1.807) is 17.0 Å². The van der Waals surface area contributed by atoms with Crippen LogP contribution in [0.15, 0.2) is 18.2 Å². The summed E-state index contributed by atoms with van der Waals surface area (Å²) < 4.78 is 0. The second kappa shape index (κ2) is 5.82. The Balaban J connectivity index is 3.32. The van der Waals surface area contributed by atoms with Gasteiger partial charge >= 0.3 is 5.69 Å². The SMILES string of the molecule is CCN(CCN)c1cccc(C#N)c1[N+](=O)[O-]. The molecule has 0 radical (unpaired) electrons. The van der Waals surface area contributed by atoms with E-state index in [1.807, 2.05) is 13.0 Å². The molecule has 1 rings (SSSR count). The maximum absolute atomic E-state index is 11.0. The standard InChI is InChI=1S/C11H14N4O2/c1-2-14(7-6-12)10-5-3-4-9(8-13)11(10)15(16)17/h3-5H,2,6-7,12H2,1H3. The third-order valence-electron chi connectivity index (χ3n) is 2.44. The summed E-state index contributed by atoms with van der Waals surface area (Å²) in [6.07, 6.45) is 0. The molecule has 0 aliphatic heterocycles. The Hall–Kier alpha value is -2.13. The number of likely N-dealkylation sites (N-methyl/N-ethyl adjacent to an activating group) is 1. The van der Waals surface area contributed by atoms with Crippen LogP contribution in [0.1, 0.15) is 12.5 Å². The molecule has 6 nitrogen and oxygen atoms in total. The van der Waals surface area contributed by atoms with Crippen LogP contribution < -0.4 is 10.6 Å². The molecule has 0 saturated carbocycles. The number of nitro groups is 1. The summed E-state index contributed by atoms with van der Waals surface area (Å²) in [5.41, 5.74) is 5.83. The number of nitro benzene ring substituents is 1. The Morgan fingerprint density at radius 3 is 2.76 bits per heavy atom. The minimum absolute atomic E-state index is 0.0722. The van der Waals surface area contributed by atoms with E-state index in [2.05, 4.69) is 0 Å². The van der Waals surface area contributed by atoms with Crippen molar-refractivity contribution < 1.29 is 4.92 Å². The van der Waals surface area contributed by atoms with Gasteiger partial charge in [0.2, 0.25) is 0 Å². The first-order valence-corrected chi connectivity index (χ1v) is 5.28. The van der Waals surface area contributed by atoms with Crippen molar-refractivity contribution in [2.75, 3.05) is 24.5 Å². The molecule has 0 aromatic heterocycles. The fourth-order valence-electron chi connectivity index (χ4n) is 1.67. The van der Waals surface area contributed by atoms with E-state index >= 15 is 0 Å². The summed E-state index contributed by atoms with van der Waals surface area (Å²) in [6, 6.07) is 6.56. The number of nitrogens with two attached hydrogens (primary N) is 1. The number of anilines is 1. The molecule has 1 aromatic rings. The number of hydrogen-bond acceptors (Lipinski definition) is 5. The topological polar surface area (TPSA) is 96.2 Å². The summed E-state index contributed by atoms with van der Waals surface area (Å²) >= 11 is 0. The minimum Gasteiger partial charge on any atom is -0.365 e. The van der Waals surface area contributed by atoms with Gasteiger partial charge in [0, 0.05) is 19.6 Å². The van der Waals surface area contributed by atoms with Crippen LogP contribution in [-0.4, -0.2) is 24.6 Å². The number of nitriles is 1. The van der Waals surface area contributed by atoms with Gasteiger partial charge in [0.05, 0.1) is 4.92 Å². The molecular weight excluding hydrogens is 220 g/mol. The van der Waals surface area contributed by atoms with Crippen molar-refractivity contribution in [2.45, 2.75) is 6.92 Å². The smallest absolute Gasteiger partial charge is 0.310 e. The minimum atomic E-state index is -0.521. The molecule has 0 aliphatic carbocycles. The molecule has 2 N–H and O–H groups in total. The van der Waals surface area contributed by atoms with E-state index < -0.39 is 4.92 Å². The van der Waals surface area contributed by atoms with Crippen molar-refractivity contribution in [3.05, 3.63) is 33.9 Å². The van der Waals surface area contributed by atoms with E-state index in [0.717, 1.165) is 0 Å². The summed E-state index contributed by atoms with van der Waals surface area (Å²) in [5, 5.41) is 19.9. The van der Waals surface area contributed by atoms with Gasteiger partial charge < -0.3 is 10.6 Å². The van der Waals surface area contributed by atoms with E-state index in [1.165, 1.54) is 6.07 Å². The molecule has 1 aromatic carbocycles. The van der Waals surface area contributed by atoms with Gasteiger partial charge in [0.1, 0.15) is 17.3 Å². The lowest BCUT2D eigenvalue weighted by atomic mass is 10.1. The lowest BCUT2D eigenvalue weighted by Crippen LogP contribution is -2.29. The zero-order valence-electron chi connectivity index (χ0n) is 9.59. The fourth-order valence-corrected chi connectivity index (χ4v) is 1.67. The normalized spacial score (nSPS) is 9.71. The third kappa shape index (κ3) is 2.71. The number of benzene rings is 1. The van der Waals surface area contributed by atoms with Gasteiger partial charge in [-0.3, -0.25) is 10.1 Å². The number of rotatable bonds is 5. The molecule has 0 atom stereocenters. The highest BCUT2D eigenvalue weighted by molar-refractivity contribution is 5.69. The van der Waals surface area contributed by atoms with Crippen molar-refractivity contribution in [1.29, 1.82) is 5.26 Å². The fraction of sp³-hybridized carbons (Fsp3) is 0.364. The van der Waals surface area contributed by atoms with Gasteiger partial charge in [-0.25, -0.2) is 0 Å². The summed E-state index contributed by atoms with van der Waals surface area (Å²) in [6.45, 7) is 3.42. The van der Waals surface area contributed by atoms with Crippen molar-refractivity contribution in [3.63, 3.8) is 0 Å². The Bertz CT molecular complexity index is 453. The molecule has 0 fully saturated rings. The monoisotopic (exact) mass is 234 g/mol. The molecule has 0 aliphatic rings. The van der Waals surface area contributed by atoms with Gasteiger partial charge in [-0.15, -0.1) is 0 Å². The highest BCUT2D eigenvalue weighted by Gasteiger charge is 2.22. The molecular formula is C11H14N4O2. The van der Waals surface area contributed by atoms with E-state index in [0.29, 0.717) is 25.3 Å². The first-order valence-electron chi connectivity index (χ1n) is 5.28. The Kier molecular flexibility index (Phi) is 4.43. The Labute approximate surface area is 99.4 Å². The molecule has 0 saturated heterocycles. The molecule has 6 heteroatoms. The van der Waals surface area contributed by atoms with Crippen LogP contribution in [0, 0.1) is 21.4 Å². The molecule has 0 amide bonds. The quantitative estimate of drug-likeness (QED) is 0.611. The maximum Gasteiger partial charge on any atom is 0.310 e. The number of hydrogen-bond donors (Lipinski definition) is 1. The van der Waals surface area contributed by atoms with Gasteiger partial charge in [-0.2, -0.15) is 5.26 Å². The van der Waals surface area contributed by atoms with Crippen LogP contribution in [0.4, 0.5) is 11.4 Å². The van der Waals surface area contributed by atoms with Crippen LogP contribution >= 0.6 is 0 Å². The first-order chi connectivity index (χ1) is 8.15. The predicted molar refractivity (Wildman–Crippen MR) is 64.8 cm³/mol. The zero-order valence-corrected chi connectivity index (χ0v) is 9.59. The van der Waals surface area contributed by atoms with Crippen molar-refractivity contribution in [3.8, 4) is 6.07 Å². The highest BCUT2D eigenvalue weighted by atomic mass is 16.6. The lowest BCUT2D eigenvalue weighted by molar-refractivity contribution is -0.384. The lowest BCUT2D eigenvalue weighted by Gasteiger charge is -2.22. The Morgan fingerprint density at radius 1 is 1.59 bits per heavy atom. The van der Waals surface area contributed by atoms with Gasteiger partial charge in [-0.1, -0.05) is 6.07 Å². The molecule has 0 heterocycles. The maximum atomic E-state index is 11.0. The predicted octanol–water partition coefficient (Wildman–Crippen LogP) is 1.25. The van der Waals surface area contributed by atoms with Gasteiger partial charge in [-0.05, 0) is 19.1 Å². The first kappa shape index (κ1) is 12.9. The Morgan fingerprint density at radius 2 is 2.29 bits per heavy atom. The van der Waals surface area contributed by atoms with Crippen LogP contribution in [-0.2, 0) is 0 Å². The molecule has 17 heavy (non-hydrogen) atoms. The van der Waals surface area contributed by atoms with Crippen LogP contribution in [0.3, 0.4) is 0 Å². The molecule has 0 spiro atoms. The van der Waals surface area contributed by atoms with Gasteiger partial charge in [0.25, 0.3) is 0 Å². The van der Waals surface area contributed by atoms with Crippen molar-refractivity contribution in [2.24, 2.45) is 5.73 Å². The average Bonchev–Trinajstić information content (AvgIpc) is 2.34. The largest absolute Gasteiger partial charge is 0.365 e. The van der Waals surface area contributed by atoms with Crippen LogP contribution in [0.2, 0.25) is 0 Å². The van der Waals surface area contributed by atoms with Gasteiger partial charge in [0.15, 0.2) is 0 Å². The summed E-state index contributed by atoms with van der Waals surface area (Å²) in [7, 11) is 0. The number of para-hydroxylation sites is 1. The molecule has 90 valence electrons. The average molecular weight is 234 g/mol. The van der Waals surface area contributed by atoms with E-state index in [9.17, 15) is 10.1 Å². The van der Waals surface area contributed by atoms with Crippen LogP contribution in [0.5, 0.6) is 0 Å². The van der Waals surface area contributed by atoms with Crippen LogP contribution in [0.25, 0.3) is 0 Å². The highest BCUT2D eigenvalue weighted by Crippen LogP contribution is 2.31. The van der Waals surface area contributed by atoms with Crippen molar-refractivity contribution >= 4 is 11.4 Å². The van der Waals surface area contributed by atoms with E-state index in [4.69, 9.17) is 11.0 Å². The summed E-state index contributed by atoms with van der Waals surface area (Å²) in [4.78, 5) is 12.3. The van der Waals surface area contributed by atoms with E-state index in [-0.39, 0.29) is 11.3 Å².